The molecule has 0 amide bonds. The van der Waals surface area contributed by atoms with E-state index >= 15 is 0 Å². The highest BCUT2D eigenvalue weighted by atomic mass is 32.2. The van der Waals surface area contributed by atoms with Crippen molar-refractivity contribution in [2.75, 3.05) is 12.0 Å². The van der Waals surface area contributed by atoms with Crippen LogP contribution in [0.25, 0.3) is 0 Å². The average molecular weight is 200 g/mol. The molecule has 2 heteroatoms. The summed E-state index contributed by atoms with van der Waals surface area (Å²) in [5.41, 5.74) is 0.604. The van der Waals surface area contributed by atoms with E-state index in [9.17, 15) is 5.11 Å². The lowest BCUT2D eigenvalue weighted by Crippen LogP contribution is -2.40. The maximum absolute atomic E-state index is 10.1. The number of aliphatic hydroxyl groups excluding tert-OH is 1. The summed E-state index contributed by atoms with van der Waals surface area (Å²) in [5, 5.41) is 10.1. The largest absolute Gasteiger partial charge is 0.392 e. The first-order valence-electron chi connectivity index (χ1n) is 5.21. The molecule has 13 heavy (non-hydrogen) atoms. The minimum absolute atomic E-state index is 0.0336. The predicted octanol–water partition coefficient (Wildman–Crippen LogP) is 2.54. The van der Waals surface area contributed by atoms with Crippen LogP contribution in [-0.4, -0.2) is 23.2 Å². The van der Waals surface area contributed by atoms with Crippen LogP contribution in [0, 0.1) is 16.7 Å². The Balaban J connectivity index is 2.31. The second-order valence-electron chi connectivity index (χ2n) is 5.30. The highest BCUT2D eigenvalue weighted by molar-refractivity contribution is 7.98. The Kier molecular flexibility index (Phi) is 2.20. The molecule has 0 aromatic rings. The molecule has 0 saturated heterocycles. The second-order valence-corrected chi connectivity index (χ2v) is 6.16. The van der Waals surface area contributed by atoms with E-state index in [0.717, 1.165) is 18.1 Å². The van der Waals surface area contributed by atoms with E-state index in [1.54, 1.807) is 0 Å². The SMILES string of the molecule is CSCC12CCC(CC1O)C2(C)C. The topological polar surface area (TPSA) is 20.2 Å². The molecule has 0 aliphatic heterocycles. The van der Waals surface area contributed by atoms with Gasteiger partial charge in [0.15, 0.2) is 0 Å². The van der Waals surface area contributed by atoms with Crippen LogP contribution in [0.3, 0.4) is 0 Å². The van der Waals surface area contributed by atoms with Crippen LogP contribution in [0.15, 0.2) is 0 Å². The lowest BCUT2D eigenvalue weighted by atomic mass is 9.70. The van der Waals surface area contributed by atoms with Crippen molar-refractivity contribution in [3.05, 3.63) is 0 Å². The summed E-state index contributed by atoms with van der Waals surface area (Å²) < 4.78 is 0. The summed E-state index contributed by atoms with van der Waals surface area (Å²) in [4.78, 5) is 0. The van der Waals surface area contributed by atoms with Crippen molar-refractivity contribution in [3.63, 3.8) is 0 Å². The van der Waals surface area contributed by atoms with Crippen molar-refractivity contribution in [1.82, 2.24) is 0 Å². The number of aliphatic hydroxyl groups is 1. The third kappa shape index (κ3) is 1.05. The Labute approximate surface area is 85.3 Å². The number of rotatable bonds is 2. The van der Waals surface area contributed by atoms with Crippen LogP contribution in [0.2, 0.25) is 0 Å². The Hall–Kier alpha value is 0.310. The van der Waals surface area contributed by atoms with Crippen molar-refractivity contribution >= 4 is 11.8 Å². The first-order valence-corrected chi connectivity index (χ1v) is 6.61. The fraction of sp³-hybridized carbons (Fsp3) is 1.00. The summed E-state index contributed by atoms with van der Waals surface area (Å²) >= 11 is 1.90. The van der Waals surface area contributed by atoms with Crippen LogP contribution >= 0.6 is 11.8 Å². The Morgan fingerprint density at radius 1 is 1.46 bits per heavy atom. The summed E-state index contributed by atoms with van der Waals surface area (Å²) in [6, 6.07) is 0. The molecule has 1 nitrogen and oxygen atoms in total. The van der Waals surface area contributed by atoms with E-state index in [4.69, 9.17) is 0 Å². The van der Waals surface area contributed by atoms with Crippen LogP contribution < -0.4 is 0 Å². The molecule has 0 spiro atoms. The lowest BCUT2D eigenvalue weighted by molar-refractivity contribution is 0.0168. The van der Waals surface area contributed by atoms with Crippen LogP contribution in [0.4, 0.5) is 0 Å². The van der Waals surface area contributed by atoms with Gasteiger partial charge in [-0.1, -0.05) is 13.8 Å². The Morgan fingerprint density at radius 3 is 2.54 bits per heavy atom. The Bertz CT molecular complexity index is 214. The van der Waals surface area contributed by atoms with E-state index in [2.05, 4.69) is 20.1 Å². The third-order valence-corrected chi connectivity index (χ3v) is 5.59. The highest BCUT2D eigenvalue weighted by Gasteiger charge is 2.63. The van der Waals surface area contributed by atoms with Gasteiger partial charge in [-0.05, 0) is 36.9 Å². The molecule has 2 rings (SSSR count). The zero-order chi connectivity index (χ0) is 9.69. The van der Waals surface area contributed by atoms with Gasteiger partial charge < -0.3 is 5.11 Å². The van der Waals surface area contributed by atoms with Gasteiger partial charge in [0.2, 0.25) is 0 Å². The molecule has 0 aromatic heterocycles. The fourth-order valence-electron chi connectivity index (χ4n) is 3.64. The standard InChI is InChI=1S/C11H20OS/c1-10(2)8-4-5-11(10,7-13-3)9(12)6-8/h8-9,12H,4-7H2,1-3H3. The zero-order valence-corrected chi connectivity index (χ0v) is 9.66. The molecule has 3 unspecified atom stereocenters. The van der Waals surface area contributed by atoms with Gasteiger partial charge in [-0.3, -0.25) is 0 Å². The van der Waals surface area contributed by atoms with Gasteiger partial charge in [-0.15, -0.1) is 0 Å². The smallest absolute Gasteiger partial charge is 0.0612 e. The summed E-state index contributed by atoms with van der Waals surface area (Å²) in [7, 11) is 0. The average Bonchev–Trinajstić information content (AvgIpc) is 2.38. The van der Waals surface area contributed by atoms with Gasteiger partial charge in [0, 0.05) is 11.2 Å². The van der Waals surface area contributed by atoms with E-state index in [-0.39, 0.29) is 11.5 Å². The van der Waals surface area contributed by atoms with Crippen molar-refractivity contribution in [2.45, 2.75) is 39.2 Å². The first-order chi connectivity index (χ1) is 6.04. The predicted molar refractivity (Wildman–Crippen MR) is 57.9 cm³/mol. The number of fused-ring (bicyclic) bond motifs is 2. The molecule has 2 fully saturated rings. The first kappa shape index (κ1) is 9.85. The molecule has 2 aliphatic rings. The minimum atomic E-state index is -0.0336. The van der Waals surface area contributed by atoms with Crippen molar-refractivity contribution < 1.29 is 5.11 Å². The number of thioether (sulfide) groups is 1. The van der Waals surface area contributed by atoms with Gasteiger partial charge in [-0.2, -0.15) is 11.8 Å². The fourth-order valence-corrected chi connectivity index (χ4v) is 4.86. The van der Waals surface area contributed by atoms with Crippen molar-refractivity contribution in [2.24, 2.45) is 16.7 Å². The minimum Gasteiger partial charge on any atom is -0.392 e. The quantitative estimate of drug-likeness (QED) is 0.739. The maximum Gasteiger partial charge on any atom is 0.0612 e. The van der Waals surface area contributed by atoms with E-state index in [0.29, 0.717) is 5.41 Å². The van der Waals surface area contributed by atoms with Gasteiger partial charge in [0.05, 0.1) is 6.10 Å². The molecule has 0 heterocycles. The van der Waals surface area contributed by atoms with Gasteiger partial charge >= 0.3 is 0 Å². The normalized spacial score (nSPS) is 47.1. The monoisotopic (exact) mass is 200 g/mol. The molecular weight excluding hydrogens is 180 g/mol. The molecule has 0 radical (unpaired) electrons. The molecular formula is C11H20OS. The van der Waals surface area contributed by atoms with Gasteiger partial charge in [-0.25, -0.2) is 0 Å². The molecule has 2 bridgehead atoms. The highest BCUT2D eigenvalue weighted by Crippen LogP contribution is 2.66. The van der Waals surface area contributed by atoms with Crippen LogP contribution in [-0.2, 0) is 0 Å². The Morgan fingerprint density at radius 2 is 2.15 bits per heavy atom. The number of hydrogen-bond donors (Lipinski definition) is 1. The molecule has 76 valence electrons. The van der Waals surface area contributed by atoms with Crippen LogP contribution in [0.1, 0.15) is 33.1 Å². The summed E-state index contributed by atoms with van der Waals surface area (Å²) in [5.74, 6) is 1.91. The number of hydrogen-bond acceptors (Lipinski definition) is 2. The van der Waals surface area contributed by atoms with Crippen molar-refractivity contribution in [3.8, 4) is 0 Å². The molecule has 2 aliphatic carbocycles. The third-order valence-electron chi connectivity index (χ3n) is 4.79. The van der Waals surface area contributed by atoms with E-state index < -0.39 is 0 Å². The zero-order valence-electron chi connectivity index (χ0n) is 8.84. The molecule has 1 N–H and O–H groups in total. The van der Waals surface area contributed by atoms with Crippen LogP contribution in [0.5, 0.6) is 0 Å². The maximum atomic E-state index is 10.1. The summed E-state index contributed by atoms with van der Waals surface area (Å²) in [6.07, 6.45) is 5.75. The lowest BCUT2D eigenvalue weighted by Gasteiger charge is -2.40. The van der Waals surface area contributed by atoms with Gasteiger partial charge in [0.1, 0.15) is 0 Å². The molecule has 2 saturated carbocycles. The van der Waals surface area contributed by atoms with E-state index in [1.165, 1.54) is 12.8 Å². The second kappa shape index (κ2) is 2.90. The molecule has 0 aromatic carbocycles. The van der Waals surface area contributed by atoms with Gasteiger partial charge in [0.25, 0.3) is 0 Å². The van der Waals surface area contributed by atoms with Crippen molar-refractivity contribution in [1.29, 1.82) is 0 Å². The summed E-state index contributed by atoms with van der Waals surface area (Å²) in [6.45, 7) is 4.72. The molecule has 3 atom stereocenters. The van der Waals surface area contributed by atoms with E-state index in [1.807, 2.05) is 11.8 Å².